The molecule has 4 rings (SSSR count). The summed E-state index contributed by atoms with van der Waals surface area (Å²) in [4.78, 5) is 28.7. The van der Waals surface area contributed by atoms with Gasteiger partial charge in [-0.05, 0) is 55.7 Å². The van der Waals surface area contributed by atoms with Crippen LogP contribution in [0.25, 0.3) is 10.9 Å². The molecule has 1 N–H and O–H groups in total. The Hall–Kier alpha value is -2.79. The minimum atomic E-state index is -1.07. The third-order valence-electron chi connectivity index (χ3n) is 5.77. The topological polar surface area (TPSA) is 54.3 Å². The van der Waals surface area contributed by atoms with Gasteiger partial charge in [0, 0.05) is 28.2 Å². The lowest BCUT2D eigenvalue weighted by Crippen LogP contribution is -2.64. The first-order chi connectivity index (χ1) is 14.3. The van der Waals surface area contributed by atoms with E-state index in [-0.39, 0.29) is 11.8 Å². The van der Waals surface area contributed by atoms with E-state index in [1.807, 2.05) is 41.8 Å². The molecular weight excluding hydrogens is 398 g/mol. The first-order valence-electron chi connectivity index (χ1n) is 10.3. The van der Waals surface area contributed by atoms with Gasteiger partial charge in [-0.3, -0.25) is 14.5 Å². The Bertz CT molecular complexity index is 1100. The number of carbonyl (C=O) groups excluding carboxylic acids is 2. The van der Waals surface area contributed by atoms with Gasteiger partial charge in [-0.25, -0.2) is 0 Å². The number of halogens is 1. The van der Waals surface area contributed by atoms with Gasteiger partial charge in [-0.1, -0.05) is 43.6 Å². The highest BCUT2D eigenvalue weighted by molar-refractivity contribution is 6.30. The van der Waals surface area contributed by atoms with Crippen molar-refractivity contribution in [2.75, 3.05) is 11.4 Å². The maximum absolute atomic E-state index is 13.7. The summed E-state index contributed by atoms with van der Waals surface area (Å²) in [6, 6.07) is 16.8. The lowest BCUT2D eigenvalue weighted by molar-refractivity contribution is -0.126. The highest BCUT2D eigenvalue weighted by Crippen LogP contribution is 2.36. The monoisotopic (exact) mass is 423 g/mol. The molecule has 2 amide bonds. The van der Waals surface area contributed by atoms with Crippen LogP contribution in [0.1, 0.15) is 37.7 Å². The molecule has 156 valence electrons. The summed E-state index contributed by atoms with van der Waals surface area (Å²) in [5.41, 5.74) is 1.12. The zero-order chi connectivity index (χ0) is 21.5. The molecule has 2 aromatic carbocycles. The fraction of sp³-hybridized carbons (Fsp3) is 0.333. The van der Waals surface area contributed by atoms with Crippen LogP contribution >= 0.6 is 11.6 Å². The zero-order valence-corrected chi connectivity index (χ0v) is 18.2. The molecule has 5 nitrogen and oxygen atoms in total. The molecule has 0 radical (unpaired) electrons. The maximum Gasteiger partial charge on any atom is 0.275 e. The summed E-state index contributed by atoms with van der Waals surface area (Å²) in [5, 5.41) is 4.63. The molecule has 1 aromatic heterocycles. The predicted octanol–water partition coefficient (Wildman–Crippen LogP) is 4.88. The van der Waals surface area contributed by atoms with E-state index in [2.05, 4.69) is 19.2 Å². The number of fused-ring (bicyclic) bond motifs is 3. The van der Waals surface area contributed by atoms with E-state index in [4.69, 9.17) is 11.6 Å². The van der Waals surface area contributed by atoms with Gasteiger partial charge in [0.1, 0.15) is 11.2 Å². The Kier molecular flexibility index (Phi) is 5.33. The smallest absolute Gasteiger partial charge is 0.275 e. The molecule has 0 fully saturated rings. The minimum Gasteiger partial charge on any atom is -0.354 e. The van der Waals surface area contributed by atoms with Crippen molar-refractivity contribution < 1.29 is 9.59 Å². The molecule has 1 aliphatic heterocycles. The van der Waals surface area contributed by atoms with Gasteiger partial charge >= 0.3 is 0 Å². The second-order valence-electron chi connectivity index (χ2n) is 8.50. The average molecular weight is 424 g/mol. The van der Waals surface area contributed by atoms with Crippen LogP contribution < -0.4 is 10.2 Å². The van der Waals surface area contributed by atoms with E-state index >= 15 is 0 Å². The standard InChI is InChI=1S/C24H26ClN3O2/c1-16(2)12-13-26-23(30)24(3)15-27-20-7-5-4-6-17(20)14-21(27)22(29)28(24)19-10-8-18(25)9-11-19/h4-11,14,16H,12-13,15H2,1-3H3,(H,26,30). The lowest BCUT2D eigenvalue weighted by Gasteiger charge is -2.44. The third kappa shape index (κ3) is 3.47. The molecular formula is C24H26ClN3O2. The highest BCUT2D eigenvalue weighted by atomic mass is 35.5. The lowest BCUT2D eigenvalue weighted by atomic mass is 9.93. The summed E-state index contributed by atoms with van der Waals surface area (Å²) in [7, 11) is 0. The van der Waals surface area contributed by atoms with Crippen LogP contribution in [0.3, 0.4) is 0 Å². The number of hydrogen-bond donors (Lipinski definition) is 1. The highest BCUT2D eigenvalue weighted by Gasteiger charge is 2.48. The largest absolute Gasteiger partial charge is 0.354 e. The second-order valence-corrected chi connectivity index (χ2v) is 8.94. The number of anilines is 1. The Labute approximate surface area is 181 Å². The molecule has 1 atom stereocenters. The Morgan fingerprint density at radius 2 is 1.87 bits per heavy atom. The van der Waals surface area contributed by atoms with Crippen LogP contribution in [0.15, 0.2) is 54.6 Å². The minimum absolute atomic E-state index is 0.158. The van der Waals surface area contributed by atoms with Gasteiger partial charge in [0.05, 0.1) is 6.54 Å². The maximum atomic E-state index is 13.7. The SMILES string of the molecule is CC(C)CCNC(=O)C1(C)Cn2c(cc3ccccc32)C(=O)N1c1ccc(Cl)cc1. The first kappa shape index (κ1) is 20.5. The van der Waals surface area contributed by atoms with Crippen LogP contribution in [-0.4, -0.2) is 28.5 Å². The average Bonchev–Trinajstić information content (AvgIpc) is 3.08. The molecule has 1 unspecified atom stereocenters. The number of rotatable bonds is 5. The number of benzene rings is 2. The van der Waals surface area contributed by atoms with Gasteiger partial charge in [0.2, 0.25) is 5.91 Å². The van der Waals surface area contributed by atoms with E-state index in [0.29, 0.717) is 35.4 Å². The van der Waals surface area contributed by atoms with Crippen molar-refractivity contribution in [3.63, 3.8) is 0 Å². The summed E-state index contributed by atoms with van der Waals surface area (Å²) in [6.07, 6.45) is 0.883. The zero-order valence-electron chi connectivity index (χ0n) is 17.5. The number of nitrogens with zero attached hydrogens (tertiary/aromatic N) is 2. The molecule has 30 heavy (non-hydrogen) atoms. The van der Waals surface area contributed by atoms with Crippen molar-refractivity contribution in [2.45, 2.75) is 39.3 Å². The van der Waals surface area contributed by atoms with Gasteiger partial charge in [-0.2, -0.15) is 0 Å². The molecule has 6 heteroatoms. The summed E-state index contributed by atoms with van der Waals surface area (Å²) in [5.74, 6) is 0.134. The summed E-state index contributed by atoms with van der Waals surface area (Å²) < 4.78 is 1.96. The van der Waals surface area contributed by atoms with Crippen molar-refractivity contribution in [3.8, 4) is 0 Å². The van der Waals surface area contributed by atoms with Gasteiger partial charge in [0.25, 0.3) is 5.91 Å². The van der Waals surface area contributed by atoms with Crippen molar-refractivity contribution in [1.82, 2.24) is 9.88 Å². The van der Waals surface area contributed by atoms with Crippen LogP contribution in [0.4, 0.5) is 5.69 Å². The van der Waals surface area contributed by atoms with Gasteiger partial charge < -0.3 is 9.88 Å². The normalized spacial score (nSPS) is 18.7. The van der Waals surface area contributed by atoms with E-state index < -0.39 is 5.54 Å². The van der Waals surface area contributed by atoms with E-state index in [0.717, 1.165) is 17.3 Å². The number of amides is 2. The molecule has 0 saturated heterocycles. The number of aromatic nitrogens is 1. The Balaban J connectivity index is 1.81. The fourth-order valence-corrected chi connectivity index (χ4v) is 4.23. The second kappa shape index (κ2) is 7.80. The summed E-state index contributed by atoms with van der Waals surface area (Å²) >= 11 is 6.07. The van der Waals surface area contributed by atoms with Crippen molar-refractivity contribution >= 4 is 40.0 Å². The Morgan fingerprint density at radius 3 is 2.57 bits per heavy atom. The van der Waals surface area contributed by atoms with E-state index in [9.17, 15) is 9.59 Å². The predicted molar refractivity (Wildman–Crippen MR) is 121 cm³/mol. The third-order valence-corrected chi connectivity index (χ3v) is 6.03. The molecule has 0 spiro atoms. The molecule has 0 saturated carbocycles. The number of carbonyl (C=O) groups is 2. The van der Waals surface area contributed by atoms with Crippen LogP contribution in [0.2, 0.25) is 5.02 Å². The molecule has 3 aromatic rings. The number of hydrogen-bond acceptors (Lipinski definition) is 2. The first-order valence-corrected chi connectivity index (χ1v) is 10.7. The van der Waals surface area contributed by atoms with Crippen LogP contribution in [0.5, 0.6) is 0 Å². The van der Waals surface area contributed by atoms with Crippen molar-refractivity contribution in [2.24, 2.45) is 5.92 Å². The molecule has 0 bridgehead atoms. The van der Waals surface area contributed by atoms with Gasteiger partial charge in [-0.15, -0.1) is 0 Å². The quantitative estimate of drug-likeness (QED) is 0.636. The Morgan fingerprint density at radius 1 is 1.17 bits per heavy atom. The van der Waals surface area contributed by atoms with E-state index in [1.54, 1.807) is 29.2 Å². The van der Waals surface area contributed by atoms with Crippen LogP contribution in [0, 0.1) is 5.92 Å². The van der Waals surface area contributed by atoms with Crippen molar-refractivity contribution in [3.05, 3.63) is 65.3 Å². The fourth-order valence-electron chi connectivity index (χ4n) is 4.11. The van der Waals surface area contributed by atoms with E-state index in [1.165, 1.54) is 0 Å². The van der Waals surface area contributed by atoms with Crippen molar-refractivity contribution in [1.29, 1.82) is 0 Å². The number of nitrogens with one attached hydrogen (secondary N) is 1. The van der Waals surface area contributed by atoms with Gasteiger partial charge in [0.15, 0.2) is 0 Å². The number of para-hydroxylation sites is 1. The van der Waals surface area contributed by atoms with Crippen LogP contribution in [-0.2, 0) is 11.3 Å². The molecule has 2 heterocycles. The summed E-state index contributed by atoms with van der Waals surface area (Å²) in [6.45, 7) is 7.03. The molecule has 1 aliphatic rings. The molecule has 0 aliphatic carbocycles.